The number of aromatic amines is 1. The van der Waals surface area contributed by atoms with Gasteiger partial charge in [-0.3, -0.25) is 4.98 Å². The number of fused-ring (bicyclic) bond motifs is 1. The minimum absolute atomic E-state index is 0.219. The monoisotopic (exact) mass is 399 g/mol. The van der Waals surface area contributed by atoms with E-state index in [1.807, 2.05) is 25.4 Å². The summed E-state index contributed by atoms with van der Waals surface area (Å²) in [6.45, 7) is 8.64. The maximum atomic E-state index is 13.6. The first-order valence-electron chi connectivity index (χ1n) is 10.3. The molecule has 0 radical (unpaired) electrons. The Kier molecular flexibility index (Phi) is 5.66. The van der Waals surface area contributed by atoms with Crippen LogP contribution in [0.15, 0.2) is 73.7 Å². The fourth-order valence-corrected chi connectivity index (χ4v) is 3.94. The highest BCUT2D eigenvalue weighted by molar-refractivity contribution is 5.95. The molecule has 4 rings (SSSR count). The lowest BCUT2D eigenvalue weighted by molar-refractivity contribution is 0.627. The van der Waals surface area contributed by atoms with Crippen molar-refractivity contribution in [3.05, 3.63) is 102 Å². The van der Waals surface area contributed by atoms with E-state index in [2.05, 4.69) is 47.0 Å². The first-order valence-corrected chi connectivity index (χ1v) is 10.3. The summed E-state index contributed by atoms with van der Waals surface area (Å²) in [5.41, 5.74) is 7.36. The average molecular weight is 400 g/mol. The number of hydrogen-bond acceptors (Lipinski definition) is 2. The van der Waals surface area contributed by atoms with Crippen molar-refractivity contribution in [1.82, 2.24) is 9.97 Å². The Balaban J connectivity index is 1.76. The van der Waals surface area contributed by atoms with E-state index in [9.17, 15) is 4.39 Å². The van der Waals surface area contributed by atoms with Gasteiger partial charge in [-0.25, -0.2) is 4.39 Å². The van der Waals surface area contributed by atoms with Gasteiger partial charge in [-0.2, -0.15) is 0 Å². The summed E-state index contributed by atoms with van der Waals surface area (Å²) in [5.74, 6) is -0.253. The maximum absolute atomic E-state index is 13.6. The molecule has 2 N–H and O–H groups in total. The van der Waals surface area contributed by atoms with E-state index in [1.54, 1.807) is 18.3 Å². The Hall–Kier alpha value is -3.40. The molecule has 0 bridgehead atoms. The fraction of sp³-hybridized carbons (Fsp3) is 0.192. The van der Waals surface area contributed by atoms with E-state index in [-0.39, 0.29) is 11.9 Å². The molecule has 0 aliphatic rings. The first kappa shape index (κ1) is 19.9. The highest BCUT2D eigenvalue weighted by Crippen LogP contribution is 2.36. The summed E-state index contributed by atoms with van der Waals surface area (Å²) in [6, 6.07) is 14.8. The van der Waals surface area contributed by atoms with Crippen molar-refractivity contribution in [1.29, 1.82) is 0 Å². The number of nitrogens with one attached hydrogen (secondary N) is 2. The second-order valence-corrected chi connectivity index (χ2v) is 7.70. The third kappa shape index (κ3) is 3.99. The number of anilines is 1. The molecule has 0 spiro atoms. The van der Waals surface area contributed by atoms with Crippen LogP contribution in [0, 0.1) is 12.7 Å². The molecule has 0 aliphatic heterocycles. The van der Waals surface area contributed by atoms with Gasteiger partial charge >= 0.3 is 0 Å². The van der Waals surface area contributed by atoms with E-state index < -0.39 is 0 Å². The smallest absolute Gasteiger partial charge is 0.123 e. The molecular formula is C26H26FN3. The lowest BCUT2D eigenvalue weighted by Crippen LogP contribution is -2.13. The van der Waals surface area contributed by atoms with Gasteiger partial charge in [0.1, 0.15) is 5.82 Å². The quantitative estimate of drug-likeness (QED) is 0.357. The Bertz CT molecular complexity index is 1170. The van der Waals surface area contributed by atoms with E-state index in [0.29, 0.717) is 0 Å². The van der Waals surface area contributed by atoms with Gasteiger partial charge in [0.05, 0.1) is 11.7 Å². The predicted molar refractivity (Wildman–Crippen MR) is 123 cm³/mol. The lowest BCUT2D eigenvalue weighted by Gasteiger charge is -2.23. The van der Waals surface area contributed by atoms with Crippen LogP contribution < -0.4 is 5.32 Å². The summed E-state index contributed by atoms with van der Waals surface area (Å²) in [4.78, 5) is 7.74. The zero-order chi connectivity index (χ0) is 21.1. The summed E-state index contributed by atoms with van der Waals surface area (Å²) >= 11 is 0. The number of hydrogen-bond donors (Lipinski definition) is 2. The zero-order valence-electron chi connectivity index (χ0n) is 17.4. The summed E-state index contributed by atoms with van der Waals surface area (Å²) in [6.07, 6.45) is 7.76. The summed E-state index contributed by atoms with van der Waals surface area (Å²) in [7, 11) is 0. The van der Waals surface area contributed by atoms with Crippen LogP contribution in [0.5, 0.6) is 0 Å². The fourth-order valence-electron chi connectivity index (χ4n) is 3.94. The Labute approximate surface area is 176 Å². The predicted octanol–water partition coefficient (Wildman–Crippen LogP) is 6.83. The zero-order valence-corrected chi connectivity index (χ0v) is 17.4. The second-order valence-electron chi connectivity index (χ2n) is 7.70. The average Bonchev–Trinajstić information content (AvgIpc) is 3.18. The van der Waals surface area contributed by atoms with Gasteiger partial charge in [0.25, 0.3) is 0 Å². The Morgan fingerprint density at radius 2 is 1.97 bits per heavy atom. The van der Waals surface area contributed by atoms with Crippen LogP contribution in [0.3, 0.4) is 0 Å². The maximum Gasteiger partial charge on any atom is 0.123 e. The second kappa shape index (κ2) is 8.54. The third-order valence-electron chi connectivity index (χ3n) is 5.40. The van der Waals surface area contributed by atoms with Crippen molar-refractivity contribution >= 4 is 22.2 Å². The van der Waals surface area contributed by atoms with E-state index in [4.69, 9.17) is 0 Å². The molecule has 0 aliphatic carbocycles. The Morgan fingerprint density at radius 1 is 1.17 bits per heavy atom. The van der Waals surface area contributed by atoms with Crippen LogP contribution in [0.25, 0.3) is 16.5 Å². The molecular weight excluding hydrogens is 373 g/mol. The molecule has 4 heteroatoms. The van der Waals surface area contributed by atoms with Gasteiger partial charge in [-0.15, -0.1) is 0 Å². The first-order chi connectivity index (χ1) is 14.6. The standard InChI is InChI=1S/C26H26FN3/c1-4-6-19-7-5-8-23-24(16-29-26(19)23)18(3)25(20-9-11-21(27)12-10-20)30-22-13-17(2)14-28-15-22/h5,7-16,25,29-30H,3-4,6H2,1-2H3. The minimum atomic E-state index is -0.253. The van der Waals surface area contributed by atoms with Gasteiger partial charge in [-0.1, -0.05) is 50.3 Å². The van der Waals surface area contributed by atoms with Crippen LogP contribution >= 0.6 is 0 Å². The van der Waals surface area contributed by atoms with Crippen molar-refractivity contribution in [2.75, 3.05) is 5.32 Å². The van der Waals surface area contributed by atoms with Crippen molar-refractivity contribution < 1.29 is 4.39 Å². The van der Waals surface area contributed by atoms with E-state index >= 15 is 0 Å². The van der Waals surface area contributed by atoms with Crippen molar-refractivity contribution in [3.8, 4) is 0 Å². The molecule has 0 amide bonds. The number of aromatic nitrogens is 2. The van der Waals surface area contributed by atoms with Gasteiger partial charge in [0.2, 0.25) is 0 Å². The highest BCUT2D eigenvalue weighted by Gasteiger charge is 2.20. The number of benzene rings is 2. The highest BCUT2D eigenvalue weighted by atomic mass is 19.1. The summed E-state index contributed by atoms with van der Waals surface area (Å²) < 4.78 is 13.6. The molecule has 2 aromatic heterocycles. The van der Waals surface area contributed by atoms with Crippen LogP contribution in [0.4, 0.5) is 10.1 Å². The van der Waals surface area contributed by atoms with Crippen LogP contribution in [-0.2, 0) is 6.42 Å². The molecule has 0 saturated carbocycles. The van der Waals surface area contributed by atoms with Crippen molar-refractivity contribution in [3.63, 3.8) is 0 Å². The van der Waals surface area contributed by atoms with Crippen LogP contribution in [0.1, 0.15) is 41.6 Å². The van der Waals surface area contributed by atoms with E-state index in [0.717, 1.165) is 51.7 Å². The number of H-pyrrole nitrogens is 1. The number of halogens is 1. The molecule has 2 heterocycles. The van der Waals surface area contributed by atoms with Crippen molar-refractivity contribution in [2.45, 2.75) is 32.7 Å². The number of aryl methyl sites for hydroxylation is 2. The molecule has 0 saturated heterocycles. The molecule has 0 fully saturated rings. The minimum Gasteiger partial charge on any atom is -0.373 e. The van der Waals surface area contributed by atoms with Crippen LogP contribution in [0.2, 0.25) is 0 Å². The number of para-hydroxylation sites is 1. The molecule has 152 valence electrons. The SMILES string of the molecule is C=C(c1c[nH]c2c(CCC)cccc12)C(Nc1cncc(C)c1)c1ccc(F)cc1. The molecule has 4 aromatic rings. The van der Waals surface area contributed by atoms with Gasteiger partial charge in [0, 0.05) is 35.1 Å². The van der Waals surface area contributed by atoms with Gasteiger partial charge in [0.15, 0.2) is 0 Å². The summed E-state index contributed by atoms with van der Waals surface area (Å²) in [5, 5.41) is 4.70. The molecule has 1 unspecified atom stereocenters. The third-order valence-corrected chi connectivity index (χ3v) is 5.40. The van der Waals surface area contributed by atoms with Crippen LogP contribution in [-0.4, -0.2) is 9.97 Å². The number of pyridine rings is 1. The normalized spacial score (nSPS) is 12.1. The largest absolute Gasteiger partial charge is 0.373 e. The molecule has 2 aromatic carbocycles. The number of nitrogens with zero attached hydrogens (tertiary/aromatic N) is 1. The van der Waals surface area contributed by atoms with Gasteiger partial charge < -0.3 is 10.3 Å². The van der Waals surface area contributed by atoms with E-state index in [1.165, 1.54) is 17.7 Å². The Morgan fingerprint density at radius 3 is 2.70 bits per heavy atom. The lowest BCUT2D eigenvalue weighted by atomic mass is 9.93. The van der Waals surface area contributed by atoms with Crippen molar-refractivity contribution in [2.24, 2.45) is 0 Å². The topological polar surface area (TPSA) is 40.7 Å². The number of rotatable bonds is 7. The molecule has 3 nitrogen and oxygen atoms in total. The van der Waals surface area contributed by atoms with Gasteiger partial charge in [-0.05, 0) is 53.8 Å². The molecule has 30 heavy (non-hydrogen) atoms. The molecule has 1 atom stereocenters.